The molecule has 0 bridgehead atoms. The van der Waals surface area contributed by atoms with E-state index < -0.39 is 60.0 Å². The van der Waals surface area contributed by atoms with E-state index in [0.717, 1.165) is 13.8 Å². The fourth-order valence-electron chi connectivity index (χ4n) is 2.18. The Labute approximate surface area is 151 Å². The summed E-state index contributed by atoms with van der Waals surface area (Å²) in [5.74, 6) is -20.1. The SMILES string of the molecule is CCC(C)(C)C(=O)OC1(C(F)(F)F)OC(C(F)(F)F)C(F)(F)C(C)(O)C1(F)F. The van der Waals surface area contributed by atoms with Crippen molar-refractivity contribution in [3.8, 4) is 0 Å². The van der Waals surface area contributed by atoms with Crippen LogP contribution in [0.4, 0.5) is 43.9 Å². The number of hydrogen-bond donors (Lipinski definition) is 1. The normalized spacial score (nSPS) is 33.5. The van der Waals surface area contributed by atoms with Crippen molar-refractivity contribution in [2.75, 3.05) is 0 Å². The Bertz CT molecular complexity index is 623. The standard InChI is InChI=1S/C14H16F10O4/c1-5-8(2,3)7(25)28-13(14(22,23)24)12(20,21)9(4,26)10(15,16)6(27-13)11(17,18)19/h6,26H,5H2,1-4H3. The van der Waals surface area contributed by atoms with Crippen molar-refractivity contribution in [1.29, 1.82) is 0 Å². The molecule has 1 saturated heterocycles. The molecule has 1 N–H and O–H groups in total. The van der Waals surface area contributed by atoms with Crippen LogP contribution in [-0.4, -0.2) is 52.8 Å². The maximum Gasteiger partial charge on any atom is 0.462 e. The molecule has 166 valence electrons. The lowest BCUT2D eigenvalue weighted by Gasteiger charge is -2.54. The van der Waals surface area contributed by atoms with E-state index in [4.69, 9.17) is 0 Å². The van der Waals surface area contributed by atoms with Gasteiger partial charge in [-0.3, -0.25) is 4.79 Å². The average molecular weight is 438 g/mol. The highest BCUT2D eigenvalue weighted by Gasteiger charge is 2.91. The number of hydrogen-bond acceptors (Lipinski definition) is 4. The van der Waals surface area contributed by atoms with Crippen LogP contribution in [-0.2, 0) is 14.3 Å². The highest BCUT2D eigenvalue weighted by molar-refractivity contribution is 5.76. The number of rotatable bonds is 3. The molecule has 1 aliphatic heterocycles. The third-order valence-electron chi connectivity index (χ3n) is 4.63. The molecule has 1 heterocycles. The largest absolute Gasteiger partial charge is 0.462 e. The van der Waals surface area contributed by atoms with E-state index in [9.17, 15) is 53.8 Å². The molecule has 14 heteroatoms. The van der Waals surface area contributed by atoms with Gasteiger partial charge in [-0.05, 0) is 27.2 Å². The molecule has 0 radical (unpaired) electrons. The van der Waals surface area contributed by atoms with E-state index in [1.807, 2.05) is 0 Å². The summed E-state index contributed by atoms with van der Waals surface area (Å²) in [5, 5.41) is 9.46. The average Bonchev–Trinajstić information content (AvgIpc) is 2.46. The van der Waals surface area contributed by atoms with Crippen LogP contribution in [0.25, 0.3) is 0 Å². The molecule has 4 nitrogen and oxygen atoms in total. The lowest BCUT2D eigenvalue weighted by molar-refractivity contribution is -0.530. The summed E-state index contributed by atoms with van der Waals surface area (Å²) in [5.41, 5.74) is -7.19. The second-order valence-electron chi connectivity index (χ2n) is 7.05. The number of esters is 1. The summed E-state index contributed by atoms with van der Waals surface area (Å²) >= 11 is 0. The van der Waals surface area contributed by atoms with Crippen molar-refractivity contribution in [3.05, 3.63) is 0 Å². The summed E-state index contributed by atoms with van der Waals surface area (Å²) in [6, 6.07) is 0. The molecule has 1 rings (SSSR count). The van der Waals surface area contributed by atoms with Crippen LogP contribution < -0.4 is 0 Å². The van der Waals surface area contributed by atoms with Gasteiger partial charge < -0.3 is 14.6 Å². The van der Waals surface area contributed by atoms with Crippen LogP contribution in [0.15, 0.2) is 0 Å². The van der Waals surface area contributed by atoms with E-state index in [2.05, 4.69) is 9.47 Å². The summed E-state index contributed by atoms with van der Waals surface area (Å²) in [6.07, 6.45) is -18.2. The smallest absolute Gasteiger partial charge is 0.417 e. The third-order valence-corrected chi connectivity index (χ3v) is 4.63. The molecular formula is C14H16F10O4. The predicted molar refractivity (Wildman–Crippen MR) is 70.4 cm³/mol. The van der Waals surface area contributed by atoms with Gasteiger partial charge in [-0.15, -0.1) is 0 Å². The lowest BCUT2D eigenvalue weighted by Crippen LogP contribution is -2.83. The van der Waals surface area contributed by atoms with Crippen LogP contribution in [0.2, 0.25) is 0 Å². The van der Waals surface area contributed by atoms with E-state index in [1.165, 1.54) is 6.92 Å². The Morgan fingerprint density at radius 2 is 1.50 bits per heavy atom. The Morgan fingerprint density at radius 1 is 1.07 bits per heavy atom. The van der Waals surface area contributed by atoms with E-state index in [0.29, 0.717) is 0 Å². The minimum atomic E-state index is -6.64. The van der Waals surface area contributed by atoms with E-state index >= 15 is 0 Å². The van der Waals surface area contributed by atoms with Gasteiger partial charge in [0, 0.05) is 0 Å². The zero-order valence-corrected chi connectivity index (χ0v) is 14.7. The van der Waals surface area contributed by atoms with Crippen LogP contribution in [0.3, 0.4) is 0 Å². The van der Waals surface area contributed by atoms with Gasteiger partial charge in [-0.25, -0.2) is 0 Å². The van der Waals surface area contributed by atoms with Gasteiger partial charge in [0.2, 0.25) is 6.10 Å². The fourth-order valence-corrected chi connectivity index (χ4v) is 2.18. The maximum absolute atomic E-state index is 14.5. The number of aliphatic hydroxyl groups is 1. The van der Waals surface area contributed by atoms with Crippen molar-refractivity contribution in [2.45, 2.75) is 75.8 Å². The molecule has 0 aromatic heterocycles. The topological polar surface area (TPSA) is 55.8 Å². The molecule has 0 spiro atoms. The van der Waals surface area contributed by atoms with Crippen molar-refractivity contribution in [2.24, 2.45) is 5.41 Å². The minimum absolute atomic E-state index is 0.319. The Hall–Kier alpha value is -1.31. The summed E-state index contributed by atoms with van der Waals surface area (Å²) in [7, 11) is 0. The molecule has 0 saturated carbocycles. The molecule has 0 aromatic rings. The molecule has 0 aromatic carbocycles. The molecule has 1 fully saturated rings. The van der Waals surface area contributed by atoms with Crippen molar-refractivity contribution in [3.63, 3.8) is 0 Å². The molecule has 0 aliphatic carbocycles. The highest BCUT2D eigenvalue weighted by Crippen LogP contribution is 2.62. The van der Waals surface area contributed by atoms with Crippen LogP contribution in [0, 0.1) is 5.41 Å². The number of halogens is 10. The number of alkyl halides is 10. The first-order chi connectivity index (χ1) is 12.0. The third kappa shape index (κ3) is 3.21. The molecular weight excluding hydrogens is 422 g/mol. The first-order valence-electron chi connectivity index (χ1n) is 7.55. The van der Waals surface area contributed by atoms with Crippen molar-refractivity contribution >= 4 is 5.97 Å². The van der Waals surface area contributed by atoms with E-state index in [-0.39, 0.29) is 6.42 Å². The molecule has 0 amide bonds. The van der Waals surface area contributed by atoms with E-state index in [1.54, 1.807) is 0 Å². The van der Waals surface area contributed by atoms with Crippen LogP contribution >= 0.6 is 0 Å². The second-order valence-corrected chi connectivity index (χ2v) is 7.05. The number of carbonyl (C=O) groups is 1. The van der Waals surface area contributed by atoms with Gasteiger partial charge in [-0.2, -0.15) is 43.9 Å². The van der Waals surface area contributed by atoms with Gasteiger partial charge in [-0.1, -0.05) is 6.92 Å². The van der Waals surface area contributed by atoms with Gasteiger partial charge in [0.15, 0.2) is 5.60 Å². The summed E-state index contributed by atoms with van der Waals surface area (Å²) in [4.78, 5) is 11.9. The molecule has 3 atom stereocenters. The first kappa shape index (κ1) is 24.7. The second kappa shape index (κ2) is 6.34. The number of ether oxygens (including phenoxy) is 2. The van der Waals surface area contributed by atoms with Crippen molar-refractivity contribution in [1.82, 2.24) is 0 Å². The highest BCUT2D eigenvalue weighted by atomic mass is 19.4. The Morgan fingerprint density at radius 3 is 1.82 bits per heavy atom. The molecule has 3 unspecified atom stereocenters. The monoisotopic (exact) mass is 438 g/mol. The first-order valence-corrected chi connectivity index (χ1v) is 7.55. The lowest BCUT2D eigenvalue weighted by atomic mass is 9.78. The summed E-state index contributed by atoms with van der Waals surface area (Å²) in [6.45, 7) is 2.40. The van der Waals surface area contributed by atoms with Gasteiger partial charge in [0.25, 0.3) is 0 Å². The zero-order chi connectivity index (χ0) is 22.8. The minimum Gasteiger partial charge on any atom is -0.417 e. The number of carbonyl (C=O) groups excluding carboxylic acids is 1. The Kier molecular flexibility index (Phi) is 5.60. The van der Waals surface area contributed by atoms with Crippen LogP contribution in [0.5, 0.6) is 0 Å². The Balaban J connectivity index is 3.82. The molecule has 28 heavy (non-hydrogen) atoms. The van der Waals surface area contributed by atoms with Gasteiger partial charge in [0.05, 0.1) is 5.41 Å². The van der Waals surface area contributed by atoms with Gasteiger partial charge in [0.1, 0.15) is 0 Å². The van der Waals surface area contributed by atoms with Crippen molar-refractivity contribution < 1.29 is 63.3 Å². The zero-order valence-electron chi connectivity index (χ0n) is 14.7. The maximum atomic E-state index is 14.5. The summed E-state index contributed by atoms with van der Waals surface area (Å²) < 4.78 is 143. The fraction of sp³-hybridized carbons (Fsp3) is 0.929. The predicted octanol–water partition coefficient (Wildman–Crippen LogP) is 4.21. The quantitative estimate of drug-likeness (QED) is 0.530. The molecule has 1 aliphatic rings. The van der Waals surface area contributed by atoms with Gasteiger partial charge >= 0.3 is 36.0 Å². The van der Waals surface area contributed by atoms with Crippen LogP contribution in [0.1, 0.15) is 34.1 Å².